The highest BCUT2D eigenvalue weighted by atomic mass is 16.5. The van der Waals surface area contributed by atoms with Crippen LogP contribution in [0.1, 0.15) is 10.4 Å². The number of carbonyl (C=O) groups is 1. The first-order valence-corrected chi connectivity index (χ1v) is 7.86. The van der Waals surface area contributed by atoms with Crippen molar-refractivity contribution in [1.82, 2.24) is 9.97 Å². The van der Waals surface area contributed by atoms with Crippen LogP contribution < -0.4 is 10.1 Å². The summed E-state index contributed by atoms with van der Waals surface area (Å²) in [6, 6.07) is 20.2. The summed E-state index contributed by atoms with van der Waals surface area (Å²) in [4.78, 5) is 21.8. The standard InChI is InChI=1S/C20H15N3O2/c1-25-17-12-11-16(23-20(24)13-7-3-2-4-8-13)18-19(17)22-15-10-6-5-9-14(15)21-18/h2-12H,1H3,(H,23,24). The maximum atomic E-state index is 12.5. The minimum absolute atomic E-state index is 0.193. The number of ether oxygens (including phenoxy) is 1. The fourth-order valence-electron chi connectivity index (χ4n) is 2.73. The molecule has 1 aromatic heterocycles. The number of aromatic nitrogens is 2. The first kappa shape index (κ1) is 15.1. The van der Waals surface area contributed by atoms with Crippen molar-refractivity contribution in [3.8, 4) is 5.75 Å². The van der Waals surface area contributed by atoms with Crippen molar-refractivity contribution < 1.29 is 9.53 Å². The molecule has 0 bridgehead atoms. The van der Waals surface area contributed by atoms with Gasteiger partial charge >= 0.3 is 0 Å². The van der Waals surface area contributed by atoms with Gasteiger partial charge in [-0.1, -0.05) is 30.3 Å². The van der Waals surface area contributed by atoms with Crippen LogP contribution in [0, 0.1) is 0 Å². The number of carbonyl (C=O) groups excluding carboxylic acids is 1. The monoisotopic (exact) mass is 329 g/mol. The number of amides is 1. The Morgan fingerprint density at radius 1 is 0.840 bits per heavy atom. The Balaban J connectivity index is 1.86. The van der Waals surface area contributed by atoms with Crippen LogP contribution in [0.15, 0.2) is 66.7 Å². The number of para-hydroxylation sites is 2. The molecule has 0 unspecified atom stereocenters. The van der Waals surface area contributed by atoms with Gasteiger partial charge in [-0.25, -0.2) is 9.97 Å². The number of nitrogens with zero attached hydrogens (tertiary/aromatic N) is 2. The number of benzene rings is 3. The lowest BCUT2D eigenvalue weighted by Gasteiger charge is -2.11. The first-order chi connectivity index (χ1) is 12.3. The zero-order valence-corrected chi connectivity index (χ0v) is 13.6. The molecule has 1 amide bonds. The van der Waals surface area contributed by atoms with E-state index in [1.165, 1.54) is 0 Å². The molecule has 0 fully saturated rings. The third kappa shape index (κ3) is 2.76. The average molecular weight is 329 g/mol. The molecule has 0 saturated heterocycles. The number of methoxy groups -OCH3 is 1. The SMILES string of the molecule is COc1ccc(NC(=O)c2ccccc2)c2nc3ccccc3nc12. The summed E-state index contributed by atoms with van der Waals surface area (Å²) in [5, 5.41) is 2.92. The summed E-state index contributed by atoms with van der Waals surface area (Å²) >= 11 is 0. The largest absolute Gasteiger partial charge is 0.494 e. The van der Waals surface area contributed by atoms with Gasteiger partial charge in [0.05, 0.1) is 23.8 Å². The smallest absolute Gasteiger partial charge is 0.255 e. The molecule has 122 valence electrons. The van der Waals surface area contributed by atoms with Crippen LogP contribution in [-0.2, 0) is 0 Å². The first-order valence-electron chi connectivity index (χ1n) is 7.86. The van der Waals surface area contributed by atoms with Gasteiger partial charge in [-0.3, -0.25) is 4.79 Å². The average Bonchev–Trinajstić information content (AvgIpc) is 2.67. The van der Waals surface area contributed by atoms with Crippen molar-refractivity contribution in [2.75, 3.05) is 12.4 Å². The fourth-order valence-corrected chi connectivity index (χ4v) is 2.73. The third-order valence-corrected chi connectivity index (χ3v) is 3.96. The Morgan fingerprint density at radius 3 is 2.16 bits per heavy atom. The van der Waals surface area contributed by atoms with Gasteiger partial charge < -0.3 is 10.1 Å². The number of anilines is 1. The molecule has 0 spiro atoms. The van der Waals surface area contributed by atoms with E-state index in [0.717, 1.165) is 11.0 Å². The van der Waals surface area contributed by atoms with Crippen molar-refractivity contribution in [2.45, 2.75) is 0 Å². The minimum Gasteiger partial charge on any atom is -0.494 e. The molecule has 1 heterocycles. The van der Waals surface area contributed by atoms with Crippen LogP contribution in [0.3, 0.4) is 0 Å². The van der Waals surface area contributed by atoms with Crippen LogP contribution in [0.2, 0.25) is 0 Å². The lowest BCUT2D eigenvalue weighted by molar-refractivity contribution is 0.102. The van der Waals surface area contributed by atoms with E-state index in [0.29, 0.717) is 28.0 Å². The van der Waals surface area contributed by atoms with Gasteiger partial charge in [0.1, 0.15) is 16.8 Å². The molecule has 25 heavy (non-hydrogen) atoms. The molecule has 1 N–H and O–H groups in total. The van der Waals surface area contributed by atoms with Crippen LogP contribution in [0.4, 0.5) is 5.69 Å². The molecule has 5 nitrogen and oxygen atoms in total. The Hall–Kier alpha value is -3.47. The van der Waals surface area contributed by atoms with Crippen molar-refractivity contribution in [3.63, 3.8) is 0 Å². The second-order valence-corrected chi connectivity index (χ2v) is 5.55. The van der Waals surface area contributed by atoms with Crippen LogP contribution in [0.5, 0.6) is 5.75 Å². The van der Waals surface area contributed by atoms with E-state index in [-0.39, 0.29) is 5.91 Å². The van der Waals surface area contributed by atoms with Crippen molar-refractivity contribution in [2.24, 2.45) is 0 Å². The zero-order chi connectivity index (χ0) is 17.2. The summed E-state index contributed by atoms with van der Waals surface area (Å²) in [5.41, 5.74) is 3.94. The highest BCUT2D eigenvalue weighted by Gasteiger charge is 2.14. The Bertz CT molecular complexity index is 1080. The summed E-state index contributed by atoms with van der Waals surface area (Å²) in [6.45, 7) is 0. The van der Waals surface area contributed by atoms with Crippen molar-refractivity contribution in [3.05, 3.63) is 72.3 Å². The van der Waals surface area contributed by atoms with Gasteiger partial charge in [-0.05, 0) is 36.4 Å². The summed E-state index contributed by atoms with van der Waals surface area (Å²) in [6.07, 6.45) is 0. The van der Waals surface area contributed by atoms with Gasteiger partial charge in [0.25, 0.3) is 5.91 Å². The molecule has 3 aromatic carbocycles. The van der Waals surface area contributed by atoms with E-state index in [1.807, 2.05) is 42.5 Å². The van der Waals surface area contributed by atoms with Crippen LogP contribution >= 0.6 is 0 Å². The van der Waals surface area contributed by atoms with E-state index in [9.17, 15) is 4.79 Å². The van der Waals surface area contributed by atoms with E-state index in [1.54, 1.807) is 31.4 Å². The second kappa shape index (κ2) is 6.20. The molecular formula is C20H15N3O2. The third-order valence-electron chi connectivity index (χ3n) is 3.96. The predicted molar refractivity (Wildman–Crippen MR) is 98.0 cm³/mol. The molecule has 0 aliphatic rings. The zero-order valence-electron chi connectivity index (χ0n) is 13.6. The second-order valence-electron chi connectivity index (χ2n) is 5.55. The maximum Gasteiger partial charge on any atom is 0.255 e. The molecule has 0 aliphatic carbocycles. The van der Waals surface area contributed by atoms with E-state index >= 15 is 0 Å². The minimum atomic E-state index is -0.193. The number of fused-ring (bicyclic) bond motifs is 2. The lowest BCUT2D eigenvalue weighted by atomic mass is 10.2. The van der Waals surface area contributed by atoms with Crippen LogP contribution in [0.25, 0.3) is 22.1 Å². The summed E-state index contributed by atoms with van der Waals surface area (Å²) in [5.74, 6) is 0.424. The molecule has 0 aliphatic heterocycles. The summed E-state index contributed by atoms with van der Waals surface area (Å²) < 4.78 is 5.41. The van der Waals surface area contributed by atoms with E-state index < -0.39 is 0 Å². The number of rotatable bonds is 3. The van der Waals surface area contributed by atoms with E-state index in [4.69, 9.17) is 4.74 Å². The topological polar surface area (TPSA) is 64.1 Å². The van der Waals surface area contributed by atoms with E-state index in [2.05, 4.69) is 15.3 Å². The highest BCUT2D eigenvalue weighted by Crippen LogP contribution is 2.30. The molecule has 4 aromatic rings. The molecule has 0 radical (unpaired) electrons. The molecular weight excluding hydrogens is 314 g/mol. The molecule has 4 rings (SSSR count). The quantitative estimate of drug-likeness (QED) is 0.576. The van der Waals surface area contributed by atoms with Gasteiger partial charge in [-0.15, -0.1) is 0 Å². The fraction of sp³-hybridized carbons (Fsp3) is 0.0500. The number of hydrogen-bond acceptors (Lipinski definition) is 4. The van der Waals surface area contributed by atoms with Gasteiger partial charge in [0.2, 0.25) is 0 Å². The van der Waals surface area contributed by atoms with Crippen molar-refractivity contribution >= 4 is 33.7 Å². The Morgan fingerprint density at radius 2 is 1.48 bits per heavy atom. The Labute approximate surface area is 144 Å². The Kier molecular flexibility index (Phi) is 3.74. The molecule has 0 atom stereocenters. The summed E-state index contributed by atoms with van der Waals surface area (Å²) in [7, 11) is 1.59. The molecule has 5 heteroatoms. The normalized spacial score (nSPS) is 10.8. The molecule has 0 saturated carbocycles. The lowest BCUT2D eigenvalue weighted by Crippen LogP contribution is -2.12. The number of nitrogens with one attached hydrogen (secondary N) is 1. The maximum absolute atomic E-state index is 12.5. The number of hydrogen-bond donors (Lipinski definition) is 1. The van der Waals surface area contributed by atoms with Gasteiger partial charge in [0.15, 0.2) is 0 Å². The van der Waals surface area contributed by atoms with Crippen molar-refractivity contribution in [1.29, 1.82) is 0 Å². The highest BCUT2D eigenvalue weighted by molar-refractivity contribution is 6.09. The van der Waals surface area contributed by atoms with Gasteiger partial charge in [-0.2, -0.15) is 0 Å². The predicted octanol–water partition coefficient (Wildman–Crippen LogP) is 4.04. The van der Waals surface area contributed by atoms with Gasteiger partial charge in [0, 0.05) is 5.56 Å². The van der Waals surface area contributed by atoms with Crippen LogP contribution in [-0.4, -0.2) is 23.0 Å².